The zero-order valence-electron chi connectivity index (χ0n) is 25.0. The summed E-state index contributed by atoms with van der Waals surface area (Å²) in [4.78, 5) is 0. The molecule has 2 N–H and O–H groups in total. The highest BCUT2D eigenvalue weighted by atomic mass is 127. The van der Waals surface area contributed by atoms with Crippen LogP contribution in [0.15, 0.2) is 78.9 Å². The Balaban J connectivity index is 1.12. The first-order valence-corrected chi connectivity index (χ1v) is 20.5. The van der Waals surface area contributed by atoms with Crippen molar-refractivity contribution in [2.45, 2.75) is 115 Å². The molecule has 41 heavy (non-hydrogen) atoms. The van der Waals surface area contributed by atoms with Gasteiger partial charge in [0.25, 0.3) is 0 Å². The molecule has 0 aliphatic carbocycles. The molecule has 0 bridgehead atoms. The van der Waals surface area contributed by atoms with E-state index in [4.69, 9.17) is 0 Å². The van der Waals surface area contributed by atoms with Crippen LogP contribution >= 0.6 is 27.6 Å². The van der Waals surface area contributed by atoms with Crippen molar-refractivity contribution < 1.29 is 10.2 Å². The number of unbranched alkanes of at least 4 members (excludes halogenated alkanes) is 15. The van der Waals surface area contributed by atoms with Crippen molar-refractivity contribution in [2.75, 3.05) is 6.16 Å². The van der Waals surface area contributed by atoms with Crippen LogP contribution in [0.25, 0.3) is 0 Å². The standard InChI is InChI=1S/C37H52IO2P/c38-41(32-24-16-15-17-25-32)31-23-14-12-10-8-6-4-2-1-3-5-7-9-11-13-18-26-33(34-27-19-21-29-36(34)39)35-28-20-22-30-37(35)40/h15-17,19-22,24-25,27-30,33,39-40H,1-14,18,23,26,31H2. The maximum absolute atomic E-state index is 10.4. The van der Waals surface area contributed by atoms with Gasteiger partial charge >= 0.3 is 0 Å². The van der Waals surface area contributed by atoms with Crippen molar-refractivity contribution >= 4 is 32.9 Å². The van der Waals surface area contributed by atoms with Crippen LogP contribution in [-0.4, -0.2) is 16.4 Å². The number of hydrogen-bond donors (Lipinski definition) is 2. The predicted octanol–water partition coefficient (Wildman–Crippen LogP) is 12.0. The van der Waals surface area contributed by atoms with Crippen LogP contribution in [-0.2, 0) is 0 Å². The molecule has 0 spiro atoms. The van der Waals surface area contributed by atoms with Crippen LogP contribution in [0.5, 0.6) is 11.5 Å². The van der Waals surface area contributed by atoms with Crippen molar-refractivity contribution in [3.63, 3.8) is 0 Å². The minimum atomic E-state index is 0.0146. The van der Waals surface area contributed by atoms with E-state index in [1.165, 1.54) is 102 Å². The zero-order valence-corrected chi connectivity index (χ0v) is 28.1. The summed E-state index contributed by atoms with van der Waals surface area (Å²) in [6, 6.07) is 26.2. The van der Waals surface area contributed by atoms with Gasteiger partial charge in [-0.05, 0) is 64.0 Å². The van der Waals surface area contributed by atoms with E-state index in [1.807, 2.05) is 36.4 Å². The molecular weight excluding hydrogens is 634 g/mol. The van der Waals surface area contributed by atoms with Gasteiger partial charge in [-0.2, -0.15) is 0 Å². The van der Waals surface area contributed by atoms with E-state index >= 15 is 0 Å². The van der Waals surface area contributed by atoms with E-state index in [-0.39, 0.29) is 11.5 Å². The second-order valence-corrected chi connectivity index (χ2v) is 16.7. The molecule has 0 fully saturated rings. The summed E-state index contributed by atoms with van der Waals surface area (Å²) in [7, 11) is 0. The summed E-state index contributed by atoms with van der Waals surface area (Å²) in [5, 5.41) is 22.4. The van der Waals surface area contributed by atoms with Gasteiger partial charge in [0, 0.05) is 17.0 Å². The van der Waals surface area contributed by atoms with Crippen molar-refractivity contribution in [2.24, 2.45) is 0 Å². The third kappa shape index (κ3) is 13.5. The Kier molecular flexibility index (Phi) is 17.5. The molecule has 3 aromatic rings. The van der Waals surface area contributed by atoms with E-state index in [0.29, 0.717) is 11.5 Å². The number of phenols is 2. The highest BCUT2D eigenvalue weighted by Crippen LogP contribution is 2.44. The quantitative estimate of drug-likeness (QED) is 0.0627. The van der Waals surface area contributed by atoms with E-state index in [0.717, 1.165) is 24.0 Å². The molecule has 0 saturated carbocycles. The first kappa shape index (κ1) is 33.9. The number of hydrogen-bond acceptors (Lipinski definition) is 2. The smallest absolute Gasteiger partial charge is 0.119 e. The molecule has 0 aliphatic heterocycles. The summed E-state index contributed by atoms with van der Waals surface area (Å²) in [6.45, 7) is 0. The van der Waals surface area contributed by atoms with Crippen molar-refractivity contribution in [1.82, 2.24) is 0 Å². The van der Waals surface area contributed by atoms with E-state index < -0.39 is 0 Å². The van der Waals surface area contributed by atoms with Gasteiger partial charge in [0.05, 0.1) is 0 Å². The molecule has 0 aliphatic rings. The minimum absolute atomic E-state index is 0.0146. The Morgan fingerprint density at radius 2 is 0.829 bits per heavy atom. The van der Waals surface area contributed by atoms with E-state index in [1.54, 1.807) is 17.4 Å². The van der Waals surface area contributed by atoms with E-state index in [2.05, 4.69) is 52.4 Å². The molecule has 4 heteroatoms. The fraction of sp³-hybridized carbons (Fsp3) is 0.514. The van der Waals surface area contributed by atoms with Crippen LogP contribution in [0.3, 0.4) is 0 Å². The molecule has 0 aromatic heterocycles. The molecule has 0 saturated heterocycles. The highest BCUT2D eigenvalue weighted by molar-refractivity contribution is 14.2. The summed E-state index contributed by atoms with van der Waals surface area (Å²) in [5.74, 6) is 0.674. The number of phenolic OH excluding ortho intramolecular Hbond substituents is 2. The minimum Gasteiger partial charge on any atom is -0.508 e. The Labute approximate surface area is 264 Å². The molecule has 1 atom stereocenters. The zero-order chi connectivity index (χ0) is 29.0. The Hall–Kier alpha value is -1.58. The molecule has 1 unspecified atom stereocenters. The van der Waals surface area contributed by atoms with Gasteiger partial charge in [-0.15, -0.1) is 0 Å². The molecule has 0 amide bonds. The van der Waals surface area contributed by atoms with Crippen LogP contribution in [0.4, 0.5) is 0 Å². The average molecular weight is 687 g/mol. The maximum atomic E-state index is 10.4. The second kappa shape index (κ2) is 21.2. The lowest BCUT2D eigenvalue weighted by atomic mass is 9.85. The Morgan fingerprint density at radius 1 is 0.463 bits per heavy atom. The third-order valence-corrected chi connectivity index (χ3v) is 12.9. The number of para-hydroxylation sites is 2. The largest absolute Gasteiger partial charge is 0.508 e. The van der Waals surface area contributed by atoms with Crippen molar-refractivity contribution in [3.05, 3.63) is 90.0 Å². The van der Waals surface area contributed by atoms with E-state index in [9.17, 15) is 10.2 Å². The van der Waals surface area contributed by atoms with Crippen molar-refractivity contribution in [3.8, 4) is 11.5 Å². The maximum Gasteiger partial charge on any atom is 0.119 e. The lowest BCUT2D eigenvalue weighted by Crippen LogP contribution is -2.02. The second-order valence-electron chi connectivity index (χ2n) is 11.5. The summed E-state index contributed by atoms with van der Waals surface area (Å²) in [5.41, 5.74) is 1.85. The number of rotatable bonds is 22. The first-order chi connectivity index (χ1) is 20.2. The van der Waals surface area contributed by atoms with Crippen molar-refractivity contribution in [1.29, 1.82) is 0 Å². The predicted molar refractivity (Wildman–Crippen MR) is 188 cm³/mol. The molecular formula is C37H52IO2P. The fourth-order valence-corrected chi connectivity index (χ4v) is 9.08. The van der Waals surface area contributed by atoms with Gasteiger partial charge in [-0.1, -0.05) is 163 Å². The third-order valence-electron chi connectivity index (χ3n) is 8.26. The normalized spacial score (nSPS) is 12.1. The highest BCUT2D eigenvalue weighted by Gasteiger charge is 2.19. The molecule has 0 heterocycles. The molecule has 2 nitrogen and oxygen atoms in total. The summed E-state index contributed by atoms with van der Waals surface area (Å²) >= 11 is 2.67. The van der Waals surface area contributed by atoms with Gasteiger partial charge in [0.15, 0.2) is 0 Å². The van der Waals surface area contributed by atoms with Crippen LogP contribution in [0.2, 0.25) is 0 Å². The van der Waals surface area contributed by atoms with Gasteiger partial charge in [-0.25, -0.2) is 0 Å². The van der Waals surface area contributed by atoms with Gasteiger partial charge in [0.1, 0.15) is 11.5 Å². The SMILES string of the molecule is Oc1ccccc1C(CCCCCCCCCCCCCCCCCCP(I)c1ccccc1)c1ccccc1O. The molecule has 3 aromatic carbocycles. The topological polar surface area (TPSA) is 40.5 Å². The average Bonchev–Trinajstić information content (AvgIpc) is 3.00. The van der Waals surface area contributed by atoms with Crippen LogP contribution in [0.1, 0.15) is 126 Å². The van der Waals surface area contributed by atoms with Crippen LogP contribution in [0, 0.1) is 0 Å². The molecule has 3 rings (SSSR count). The van der Waals surface area contributed by atoms with Gasteiger partial charge in [-0.3, -0.25) is 0 Å². The lowest BCUT2D eigenvalue weighted by molar-refractivity contribution is 0.447. The first-order valence-electron chi connectivity index (χ1n) is 16.2. The number of halogens is 1. The lowest BCUT2D eigenvalue weighted by Gasteiger charge is -2.20. The number of aromatic hydroxyl groups is 2. The molecule has 0 radical (unpaired) electrons. The Bertz CT molecular complexity index is 1030. The summed E-state index contributed by atoms with van der Waals surface area (Å²) in [6.07, 6.45) is 24.1. The fourth-order valence-electron chi connectivity index (χ4n) is 5.84. The summed E-state index contributed by atoms with van der Waals surface area (Å²) < 4.78 is 0. The van der Waals surface area contributed by atoms with Gasteiger partial charge < -0.3 is 10.2 Å². The Morgan fingerprint density at radius 3 is 1.27 bits per heavy atom. The monoisotopic (exact) mass is 686 g/mol. The number of benzene rings is 3. The van der Waals surface area contributed by atoms with Gasteiger partial charge in [0.2, 0.25) is 0 Å². The van der Waals surface area contributed by atoms with Crippen LogP contribution < -0.4 is 5.30 Å². The molecule has 224 valence electrons.